The molecule has 2 rings (SSSR count). The van der Waals surface area contributed by atoms with Crippen molar-refractivity contribution >= 4 is 15.8 Å². The molecule has 1 aliphatic carbocycles. The molecule has 0 spiro atoms. The molecule has 1 aromatic carbocycles. The SMILES string of the molecule is O=C(O)C1(CS(=O)(=O)c2cccc(F)c2)CC1. The molecule has 17 heavy (non-hydrogen) atoms. The second-order valence-electron chi connectivity index (χ2n) is 4.30. The maximum atomic E-state index is 12.9. The zero-order valence-corrected chi connectivity index (χ0v) is 9.71. The summed E-state index contributed by atoms with van der Waals surface area (Å²) in [7, 11) is -3.74. The smallest absolute Gasteiger partial charge is 0.310 e. The highest BCUT2D eigenvalue weighted by Crippen LogP contribution is 2.47. The highest BCUT2D eigenvalue weighted by molar-refractivity contribution is 7.91. The van der Waals surface area contributed by atoms with Crippen molar-refractivity contribution in [3.8, 4) is 0 Å². The molecule has 92 valence electrons. The lowest BCUT2D eigenvalue weighted by Gasteiger charge is -2.10. The molecule has 0 aromatic heterocycles. The molecule has 0 bridgehead atoms. The molecule has 0 radical (unpaired) electrons. The van der Waals surface area contributed by atoms with E-state index in [9.17, 15) is 17.6 Å². The van der Waals surface area contributed by atoms with Crippen LogP contribution in [0.4, 0.5) is 4.39 Å². The van der Waals surface area contributed by atoms with Crippen molar-refractivity contribution in [2.24, 2.45) is 5.41 Å². The Labute approximate surface area is 98.0 Å². The van der Waals surface area contributed by atoms with E-state index in [1.54, 1.807) is 0 Å². The summed E-state index contributed by atoms with van der Waals surface area (Å²) in [4.78, 5) is 10.8. The van der Waals surface area contributed by atoms with E-state index in [0.717, 1.165) is 12.1 Å². The van der Waals surface area contributed by atoms with Gasteiger partial charge in [0, 0.05) is 0 Å². The first-order valence-corrected chi connectivity index (χ1v) is 6.73. The number of hydrogen-bond donors (Lipinski definition) is 1. The number of rotatable bonds is 4. The van der Waals surface area contributed by atoms with E-state index in [-0.39, 0.29) is 4.90 Å². The summed E-state index contributed by atoms with van der Waals surface area (Å²) < 4.78 is 36.8. The molecule has 1 N–H and O–H groups in total. The van der Waals surface area contributed by atoms with Crippen molar-refractivity contribution in [2.45, 2.75) is 17.7 Å². The average Bonchev–Trinajstić information content (AvgIpc) is 2.98. The number of benzene rings is 1. The lowest BCUT2D eigenvalue weighted by atomic mass is 10.1. The van der Waals surface area contributed by atoms with Gasteiger partial charge < -0.3 is 5.11 Å². The van der Waals surface area contributed by atoms with Crippen molar-refractivity contribution in [3.63, 3.8) is 0 Å². The number of carboxylic acid groups (broad SMARTS) is 1. The first-order chi connectivity index (χ1) is 7.86. The summed E-state index contributed by atoms with van der Waals surface area (Å²) in [5.41, 5.74) is -1.16. The van der Waals surface area contributed by atoms with Crippen LogP contribution in [-0.2, 0) is 14.6 Å². The number of sulfone groups is 1. The van der Waals surface area contributed by atoms with Gasteiger partial charge in [0.15, 0.2) is 9.84 Å². The number of hydrogen-bond acceptors (Lipinski definition) is 3. The van der Waals surface area contributed by atoms with E-state index >= 15 is 0 Å². The number of halogens is 1. The van der Waals surface area contributed by atoms with Gasteiger partial charge >= 0.3 is 5.97 Å². The molecular formula is C11H11FO4S. The van der Waals surface area contributed by atoms with Crippen LogP contribution in [0.1, 0.15) is 12.8 Å². The topological polar surface area (TPSA) is 71.4 Å². The van der Waals surface area contributed by atoms with Gasteiger partial charge in [-0.3, -0.25) is 4.79 Å². The van der Waals surface area contributed by atoms with Crippen LogP contribution in [0.15, 0.2) is 29.2 Å². The van der Waals surface area contributed by atoms with Crippen molar-refractivity contribution in [2.75, 3.05) is 5.75 Å². The van der Waals surface area contributed by atoms with Crippen LogP contribution in [-0.4, -0.2) is 25.2 Å². The van der Waals surface area contributed by atoms with Gasteiger partial charge in [0.1, 0.15) is 5.82 Å². The van der Waals surface area contributed by atoms with Gasteiger partial charge in [-0.2, -0.15) is 0 Å². The first-order valence-electron chi connectivity index (χ1n) is 5.07. The maximum Gasteiger partial charge on any atom is 0.310 e. The van der Waals surface area contributed by atoms with Gasteiger partial charge in [-0.15, -0.1) is 0 Å². The summed E-state index contributed by atoms with van der Waals surface area (Å²) in [5, 5.41) is 8.93. The third-order valence-electron chi connectivity index (χ3n) is 2.93. The van der Waals surface area contributed by atoms with Crippen molar-refractivity contribution in [1.29, 1.82) is 0 Å². The van der Waals surface area contributed by atoms with E-state index < -0.39 is 32.8 Å². The summed E-state index contributed by atoms with van der Waals surface area (Å²) in [6.07, 6.45) is 0.716. The molecule has 1 fully saturated rings. The summed E-state index contributed by atoms with van der Waals surface area (Å²) in [6.45, 7) is 0. The van der Waals surface area contributed by atoms with E-state index in [2.05, 4.69) is 0 Å². The summed E-state index contributed by atoms with van der Waals surface area (Å²) in [5.74, 6) is -2.21. The Morgan fingerprint density at radius 2 is 2.06 bits per heavy atom. The zero-order valence-electron chi connectivity index (χ0n) is 8.89. The second-order valence-corrected chi connectivity index (χ2v) is 6.29. The fraction of sp³-hybridized carbons (Fsp3) is 0.364. The Balaban J connectivity index is 2.29. The van der Waals surface area contributed by atoms with Crippen LogP contribution >= 0.6 is 0 Å². The number of carbonyl (C=O) groups is 1. The standard InChI is InChI=1S/C11H11FO4S/c12-8-2-1-3-9(6-8)17(15,16)7-11(4-5-11)10(13)14/h1-3,6H,4-5,7H2,(H,13,14). The molecule has 0 amide bonds. The predicted molar refractivity (Wildman–Crippen MR) is 57.8 cm³/mol. The lowest BCUT2D eigenvalue weighted by molar-refractivity contribution is -0.142. The molecule has 4 nitrogen and oxygen atoms in total. The highest BCUT2D eigenvalue weighted by Gasteiger charge is 2.53. The van der Waals surface area contributed by atoms with Crippen molar-refractivity contribution in [1.82, 2.24) is 0 Å². The fourth-order valence-corrected chi connectivity index (χ4v) is 3.56. The Kier molecular flexibility index (Phi) is 2.69. The van der Waals surface area contributed by atoms with Crippen LogP contribution < -0.4 is 0 Å². The first kappa shape index (κ1) is 12.0. The van der Waals surface area contributed by atoms with Crippen LogP contribution in [0.3, 0.4) is 0 Å². The molecule has 0 atom stereocenters. The normalized spacial score (nSPS) is 17.7. The molecule has 1 aliphatic rings. The predicted octanol–water partition coefficient (Wildman–Crippen LogP) is 1.46. The molecule has 0 unspecified atom stereocenters. The molecule has 0 aliphatic heterocycles. The van der Waals surface area contributed by atoms with Crippen LogP contribution in [0.5, 0.6) is 0 Å². The van der Waals surface area contributed by atoms with E-state index in [1.165, 1.54) is 12.1 Å². The molecule has 1 saturated carbocycles. The minimum absolute atomic E-state index is 0.162. The van der Waals surface area contributed by atoms with Gasteiger partial charge in [0.2, 0.25) is 0 Å². The third kappa shape index (κ3) is 2.31. The zero-order chi connectivity index (χ0) is 12.7. The van der Waals surface area contributed by atoms with Gasteiger partial charge in [0.25, 0.3) is 0 Å². The monoisotopic (exact) mass is 258 g/mol. The Morgan fingerprint density at radius 3 is 2.53 bits per heavy atom. The fourth-order valence-electron chi connectivity index (χ4n) is 1.68. The van der Waals surface area contributed by atoms with Crippen molar-refractivity contribution in [3.05, 3.63) is 30.1 Å². The molecular weight excluding hydrogens is 247 g/mol. The molecule has 1 aromatic rings. The van der Waals surface area contributed by atoms with Gasteiger partial charge in [-0.25, -0.2) is 12.8 Å². The maximum absolute atomic E-state index is 12.9. The molecule has 0 saturated heterocycles. The average molecular weight is 258 g/mol. The third-order valence-corrected chi connectivity index (χ3v) is 4.83. The molecule has 6 heteroatoms. The quantitative estimate of drug-likeness (QED) is 0.887. The number of carboxylic acids is 1. The van der Waals surface area contributed by atoms with E-state index in [0.29, 0.717) is 12.8 Å². The van der Waals surface area contributed by atoms with E-state index in [1.807, 2.05) is 0 Å². The Bertz CT molecular complexity index is 561. The minimum atomic E-state index is -3.74. The van der Waals surface area contributed by atoms with E-state index in [4.69, 9.17) is 5.11 Å². The summed E-state index contributed by atoms with van der Waals surface area (Å²) in [6, 6.07) is 4.62. The van der Waals surface area contributed by atoms with Gasteiger partial charge in [-0.1, -0.05) is 6.07 Å². The number of aliphatic carboxylic acids is 1. The largest absolute Gasteiger partial charge is 0.481 e. The van der Waals surface area contributed by atoms with Gasteiger partial charge in [0.05, 0.1) is 16.1 Å². The van der Waals surface area contributed by atoms with Crippen LogP contribution in [0.2, 0.25) is 0 Å². The highest BCUT2D eigenvalue weighted by atomic mass is 32.2. The second kappa shape index (κ2) is 3.80. The van der Waals surface area contributed by atoms with Crippen molar-refractivity contribution < 1.29 is 22.7 Å². The summed E-state index contributed by atoms with van der Waals surface area (Å²) >= 11 is 0. The van der Waals surface area contributed by atoms with Crippen LogP contribution in [0, 0.1) is 11.2 Å². The van der Waals surface area contributed by atoms with Crippen LogP contribution in [0.25, 0.3) is 0 Å². The minimum Gasteiger partial charge on any atom is -0.481 e. The Morgan fingerprint density at radius 1 is 1.41 bits per heavy atom. The lowest BCUT2D eigenvalue weighted by Crippen LogP contribution is -2.25. The Hall–Kier alpha value is -1.43. The molecule has 0 heterocycles. The van der Waals surface area contributed by atoms with Gasteiger partial charge in [-0.05, 0) is 31.0 Å².